The van der Waals surface area contributed by atoms with Crippen LogP contribution in [0.4, 0.5) is 0 Å². The molecule has 0 saturated heterocycles. The van der Waals surface area contributed by atoms with Crippen molar-refractivity contribution in [2.75, 3.05) is 0 Å². The van der Waals surface area contributed by atoms with Crippen LogP contribution < -0.4 is 10.9 Å². The first kappa shape index (κ1) is 17.1. The monoisotopic (exact) mass is 383 g/mol. The molecule has 1 aliphatic heterocycles. The lowest BCUT2D eigenvalue weighted by Crippen LogP contribution is -2.31. The fourth-order valence-electron chi connectivity index (χ4n) is 4.54. The Morgan fingerprint density at radius 3 is 3.19 bits per heavy atom. The number of aromatic nitrogens is 4. The number of hydrogen-bond donors (Lipinski definition) is 2. The molecule has 0 radical (unpaired) electrons. The number of rotatable bonds is 3. The van der Waals surface area contributed by atoms with Gasteiger partial charge in [0.15, 0.2) is 0 Å². The van der Waals surface area contributed by atoms with E-state index in [-0.39, 0.29) is 17.6 Å². The van der Waals surface area contributed by atoms with Gasteiger partial charge in [0.05, 0.1) is 17.1 Å². The minimum Gasteiger partial charge on any atom is -0.309 e. The van der Waals surface area contributed by atoms with Crippen molar-refractivity contribution < 1.29 is 0 Å². The average Bonchev–Trinajstić information content (AvgIpc) is 3.25. The Hall–Kier alpha value is -1.99. The van der Waals surface area contributed by atoms with Crippen molar-refractivity contribution in [3.63, 3.8) is 0 Å². The molecule has 0 aromatic carbocycles. The summed E-state index contributed by atoms with van der Waals surface area (Å²) in [5, 5.41) is 8.87. The fraction of sp³-hybridized carbons (Fsp3) is 0.550. The standard InChI is InChI=1S/C20H25N5OS/c1-11-5-6-13-16(10-11)27-20-17(13)19(26)23-18(24-20)12(2)22-14-4-3-9-25-15(14)7-8-21-25/h7-8,11-12,14,22H,3-6,9-10H2,1-2H3,(H,23,24,26). The van der Waals surface area contributed by atoms with Gasteiger partial charge in [0.1, 0.15) is 10.7 Å². The van der Waals surface area contributed by atoms with E-state index in [1.807, 2.05) is 6.20 Å². The molecule has 0 saturated carbocycles. The first-order valence-corrected chi connectivity index (χ1v) is 10.7. The van der Waals surface area contributed by atoms with Crippen LogP contribution in [-0.4, -0.2) is 19.7 Å². The minimum atomic E-state index is -0.0217. The first-order valence-electron chi connectivity index (χ1n) is 9.92. The van der Waals surface area contributed by atoms with Crippen molar-refractivity contribution in [2.24, 2.45) is 5.92 Å². The summed E-state index contributed by atoms with van der Waals surface area (Å²) in [5.41, 5.74) is 2.48. The molecule has 2 aliphatic rings. The number of H-pyrrole nitrogens is 1. The third-order valence-corrected chi connectivity index (χ3v) is 7.16. The molecule has 3 unspecified atom stereocenters. The maximum absolute atomic E-state index is 12.8. The number of aromatic amines is 1. The molecule has 142 valence electrons. The molecule has 0 fully saturated rings. The van der Waals surface area contributed by atoms with Crippen molar-refractivity contribution in [2.45, 2.75) is 64.6 Å². The van der Waals surface area contributed by atoms with E-state index in [4.69, 9.17) is 4.98 Å². The van der Waals surface area contributed by atoms with E-state index in [1.165, 1.54) is 16.1 Å². The van der Waals surface area contributed by atoms with Crippen molar-refractivity contribution in [3.8, 4) is 0 Å². The number of thiophene rings is 1. The molecule has 4 heterocycles. The fourth-order valence-corrected chi connectivity index (χ4v) is 5.93. The van der Waals surface area contributed by atoms with Crippen LogP contribution in [0.5, 0.6) is 0 Å². The van der Waals surface area contributed by atoms with E-state index >= 15 is 0 Å². The Bertz CT molecular complexity index is 1050. The largest absolute Gasteiger partial charge is 0.309 e. The Morgan fingerprint density at radius 1 is 1.41 bits per heavy atom. The van der Waals surface area contributed by atoms with Gasteiger partial charge in [-0.05, 0) is 56.6 Å². The van der Waals surface area contributed by atoms with Crippen LogP contribution in [0.15, 0.2) is 17.1 Å². The van der Waals surface area contributed by atoms with E-state index < -0.39 is 0 Å². The van der Waals surface area contributed by atoms with Gasteiger partial charge in [-0.25, -0.2) is 4.98 Å². The summed E-state index contributed by atoms with van der Waals surface area (Å²) in [5.74, 6) is 1.43. The lowest BCUT2D eigenvalue weighted by atomic mass is 9.89. The number of aryl methyl sites for hydroxylation is 2. The van der Waals surface area contributed by atoms with Crippen molar-refractivity contribution >= 4 is 21.6 Å². The van der Waals surface area contributed by atoms with Gasteiger partial charge >= 0.3 is 0 Å². The predicted molar refractivity (Wildman–Crippen MR) is 107 cm³/mol. The lowest BCUT2D eigenvalue weighted by molar-refractivity contribution is 0.346. The van der Waals surface area contributed by atoms with Crippen LogP contribution in [0, 0.1) is 5.92 Å². The quantitative estimate of drug-likeness (QED) is 0.726. The van der Waals surface area contributed by atoms with Gasteiger partial charge in [-0.2, -0.15) is 5.10 Å². The summed E-state index contributed by atoms with van der Waals surface area (Å²) in [7, 11) is 0. The summed E-state index contributed by atoms with van der Waals surface area (Å²) < 4.78 is 2.07. The van der Waals surface area contributed by atoms with Gasteiger partial charge in [-0.3, -0.25) is 14.8 Å². The van der Waals surface area contributed by atoms with Gasteiger partial charge in [0, 0.05) is 23.7 Å². The molecule has 3 atom stereocenters. The smallest absolute Gasteiger partial charge is 0.259 e. The molecular formula is C20H25N5OS. The zero-order valence-electron chi connectivity index (χ0n) is 15.8. The highest BCUT2D eigenvalue weighted by molar-refractivity contribution is 7.18. The summed E-state index contributed by atoms with van der Waals surface area (Å²) in [6.45, 7) is 5.35. The van der Waals surface area contributed by atoms with Gasteiger partial charge in [-0.15, -0.1) is 11.3 Å². The van der Waals surface area contributed by atoms with Crippen LogP contribution in [0.2, 0.25) is 0 Å². The summed E-state index contributed by atoms with van der Waals surface area (Å²) in [6.07, 6.45) is 7.29. The van der Waals surface area contributed by atoms with Crippen LogP contribution >= 0.6 is 11.3 Å². The van der Waals surface area contributed by atoms with E-state index in [0.717, 1.165) is 54.7 Å². The predicted octanol–water partition coefficient (Wildman–Crippen LogP) is 3.49. The number of nitrogens with one attached hydrogen (secondary N) is 2. The molecule has 0 bridgehead atoms. The molecule has 3 aromatic heterocycles. The Labute approximate surface area is 162 Å². The second-order valence-electron chi connectivity index (χ2n) is 8.05. The highest BCUT2D eigenvalue weighted by Gasteiger charge is 2.26. The maximum Gasteiger partial charge on any atom is 0.259 e. The van der Waals surface area contributed by atoms with Gasteiger partial charge < -0.3 is 4.98 Å². The maximum atomic E-state index is 12.8. The van der Waals surface area contributed by atoms with Gasteiger partial charge in [0.25, 0.3) is 5.56 Å². The van der Waals surface area contributed by atoms with Crippen LogP contribution in [0.25, 0.3) is 10.2 Å². The van der Waals surface area contributed by atoms with Gasteiger partial charge in [0.2, 0.25) is 0 Å². The molecule has 6 nitrogen and oxygen atoms in total. The van der Waals surface area contributed by atoms with E-state index in [2.05, 4.69) is 40.0 Å². The molecule has 0 spiro atoms. The number of fused-ring (bicyclic) bond motifs is 4. The zero-order chi connectivity index (χ0) is 18.5. The van der Waals surface area contributed by atoms with Crippen molar-refractivity contribution in [1.29, 1.82) is 0 Å². The lowest BCUT2D eigenvalue weighted by Gasteiger charge is -2.27. The SMILES string of the molecule is CC1CCc2c(sc3nc(C(C)NC4CCCn5nccc54)[nH]c(=O)c23)C1. The highest BCUT2D eigenvalue weighted by Crippen LogP contribution is 2.36. The van der Waals surface area contributed by atoms with Crippen LogP contribution in [0.3, 0.4) is 0 Å². The Balaban J connectivity index is 1.46. The molecule has 0 amide bonds. The molecular weight excluding hydrogens is 358 g/mol. The second-order valence-corrected chi connectivity index (χ2v) is 9.13. The van der Waals surface area contributed by atoms with E-state index in [1.54, 1.807) is 11.3 Å². The minimum absolute atomic E-state index is 0.0180. The van der Waals surface area contributed by atoms with E-state index in [0.29, 0.717) is 5.92 Å². The van der Waals surface area contributed by atoms with Crippen molar-refractivity contribution in [1.82, 2.24) is 25.1 Å². The van der Waals surface area contributed by atoms with Crippen LogP contribution in [0.1, 0.15) is 67.2 Å². The number of hydrogen-bond acceptors (Lipinski definition) is 5. The molecule has 5 rings (SSSR count). The molecule has 27 heavy (non-hydrogen) atoms. The Morgan fingerprint density at radius 2 is 2.30 bits per heavy atom. The average molecular weight is 384 g/mol. The number of nitrogens with zero attached hydrogens (tertiary/aromatic N) is 3. The molecule has 1 aliphatic carbocycles. The second kappa shape index (κ2) is 6.56. The zero-order valence-corrected chi connectivity index (χ0v) is 16.6. The van der Waals surface area contributed by atoms with Gasteiger partial charge in [-0.1, -0.05) is 6.92 Å². The van der Waals surface area contributed by atoms with E-state index in [9.17, 15) is 4.79 Å². The third-order valence-electron chi connectivity index (χ3n) is 6.01. The topological polar surface area (TPSA) is 75.6 Å². The van der Waals surface area contributed by atoms with Crippen molar-refractivity contribution in [3.05, 3.63) is 44.6 Å². The molecule has 2 N–H and O–H groups in total. The summed E-state index contributed by atoms with van der Waals surface area (Å²) in [4.78, 5) is 23.0. The summed E-state index contributed by atoms with van der Waals surface area (Å²) >= 11 is 1.71. The third kappa shape index (κ3) is 2.93. The normalized spacial score (nSPS) is 23.2. The van der Waals surface area contributed by atoms with Crippen LogP contribution in [-0.2, 0) is 19.4 Å². The first-order chi connectivity index (χ1) is 13.1. The Kier molecular flexibility index (Phi) is 4.16. The molecule has 3 aromatic rings. The summed E-state index contributed by atoms with van der Waals surface area (Å²) in [6, 6.07) is 2.30. The highest BCUT2D eigenvalue weighted by atomic mass is 32.1. The molecule has 7 heteroatoms.